The van der Waals surface area contributed by atoms with Crippen LogP contribution in [0.4, 0.5) is 0 Å². The number of nitrogens with zero attached hydrogens (tertiary/aromatic N) is 2. The highest BCUT2D eigenvalue weighted by atomic mass is 16.4. The summed E-state index contributed by atoms with van der Waals surface area (Å²) in [7, 11) is 1.59. The van der Waals surface area contributed by atoms with E-state index in [4.69, 9.17) is 5.11 Å². The number of rotatable bonds is 4. The summed E-state index contributed by atoms with van der Waals surface area (Å²) in [5.74, 6) is -1.11. The first kappa shape index (κ1) is 12.1. The van der Waals surface area contributed by atoms with Gasteiger partial charge in [0.2, 0.25) is 0 Å². The monoisotopic (exact) mass is 247 g/mol. The molecule has 0 radical (unpaired) electrons. The summed E-state index contributed by atoms with van der Waals surface area (Å²) in [5.41, 5.74) is 1.39. The molecule has 0 bridgehead atoms. The molecule has 1 heterocycles. The molecule has 0 saturated heterocycles. The minimum atomic E-state index is -0.917. The van der Waals surface area contributed by atoms with E-state index in [0.29, 0.717) is 5.56 Å². The Kier molecular flexibility index (Phi) is 3.27. The Bertz CT molecular complexity index is 591. The van der Waals surface area contributed by atoms with E-state index < -0.39 is 5.97 Å². The van der Waals surface area contributed by atoms with Crippen LogP contribution in [0.3, 0.4) is 0 Å². The predicted molar refractivity (Wildman–Crippen MR) is 65.3 cm³/mol. The van der Waals surface area contributed by atoms with E-state index in [2.05, 4.69) is 10.2 Å². The number of aromatic amines is 1. The summed E-state index contributed by atoms with van der Waals surface area (Å²) in [6.45, 7) is 0.192. The number of carbonyl (C=O) groups excluding carboxylic acids is 1. The van der Waals surface area contributed by atoms with Crippen LogP contribution in [0.1, 0.15) is 16.8 Å². The van der Waals surface area contributed by atoms with E-state index in [9.17, 15) is 9.59 Å². The maximum absolute atomic E-state index is 12.0. The van der Waals surface area contributed by atoms with Crippen molar-refractivity contribution in [2.24, 2.45) is 0 Å². The smallest absolute Gasteiger partial charge is 0.305 e. The summed E-state index contributed by atoms with van der Waals surface area (Å²) >= 11 is 0. The summed E-state index contributed by atoms with van der Waals surface area (Å²) in [5, 5.41) is 16.1. The minimum Gasteiger partial charge on any atom is -0.481 e. The van der Waals surface area contributed by atoms with E-state index >= 15 is 0 Å². The number of hydrogen-bond donors (Lipinski definition) is 2. The van der Waals surface area contributed by atoms with Gasteiger partial charge in [-0.2, -0.15) is 5.10 Å². The van der Waals surface area contributed by atoms with Gasteiger partial charge in [-0.1, -0.05) is 0 Å². The Morgan fingerprint density at radius 1 is 1.44 bits per heavy atom. The molecular formula is C12H13N3O3. The van der Waals surface area contributed by atoms with Crippen molar-refractivity contribution in [2.45, 2.75) is 6.42 Å². The first-order valence-corrected chi connectivity index (χ1v) is 5.48. The number of H-pyrrole nitrogens is 1. The third-order valence-electron chi connectivity index (χ3n) is 2.69. The molecule has 2 rings (SSSR count). The lowest BCUT2D eigenvalue weighted by Gasteiger charge is -2.15. The molecule has 0 aliphatic heterocycles. The average Bonchev–Trinajstić information content (AvgIpc) is 2.81. The van der Waals surface area contributed by atoms with Crippen LogP contribution in [0.25, 0.3) is 10.9 Å². The van der Waals surface area contributed by atoms with Crippen molar-refractivity contribution in [1.29, 1.82) is 0 Å². The van der Waals surface area contributed by atoms with E-state index in [-0.39, 0.29) is 18.9 Å². The molecule has 6 nitrogen and oxygen atoms in total. The molecule has 0 fully saturated rings. The summed E-state index contributed by atoms with van der Waals surface area (Å²) < 4.78 is 0. The van der Waals surface area contributed by atoms with Crippen molar-refractivity contribution in [2.75, 3.05) is 13.6 Å². The fraction of sp³-hybridized carbons (Fsp3) is 0.250. The van der Waals surface area contributed by atoms with Gasteiger partial charge in [-0.25, -0.2) is 0 Å². The molecule has 1 amide bonds. The highest BCUT2D eigenvalue weighted by molar-refractivity contribution is 5.97. The van der Waals surface area contributed by atoms with Gasteiger partial charge in [0.05, 0.1) is 18.1 Å². The van der Waals surface area contributed by atoms with Crippen LogP contribution < -0.4 is 0 Å². The van der Waals surface area contributed by atoms with E-state index in [1.807, 2.05) is 0 Å². The molecule has 0 unspecified atom stereocenters. The number of nitrogens with one attached hydrogen (secondary N) is 1. The number of fused-ring (bicyclic) bond motifs is 1. The zero-order valence-corrected chi connectivity index (χ0v) is 9.88. The highest BCUT2D eigenvalue weighted by Gasteiger charge is 2.13. The number of carbonyl (C=O) groups is 2. The standard InChI is InChI=1S/C12H13N3O3/c1-15(5-4-11(16)17)12(18)8-2-3-10-9(6-8)7-13-14-10/h2-3,6-7H,4-5H2,1H3,(H,13,14)(H,16,17). The van der Waals surface area contributed by atoms with E-state index in [1.54, 1.807) is 31.4 Å². The number of carboxylic acids is 1. The third-order valence-corrected chi connectivity index (χ3v) is 2.69. The molecule has 6 heteroatoms. The van der Waals surface area contributed by atoms with Crippen molar-refractivity contribution < 1.29 is 14.7 Å². The fourth-order valence-corrected chi connectivity index (χ4v) is 1.66. The molecule has 0 atom stereocenters. The Morgan fingerprint density at radius 3 is 2.94 bits per heavy atom. The number of aromatic nitrogens is 2. The lowest BCUT2D eigenvalue weighted by molar-refractivity contribution is -0.137. The Balaban J connectivity index is 2.14. The molecule has 0 saturated carbocycles. The molecule has 1 aromatic carbocycles. The van der Waals surface area contributed by atoms with Crippen LogP contribution in [-0.4, -0.2) is 45.7 Å². The number of benzene rings is 1. The van der Waals surface area contributed by atoms with Crippen molar-refractivity contribution in [3.05, 3.63) is 30.0 Å². The van der Waals surface area contributed by atoms with Crippen LogP contribution in [0, 0.1) is 0 Å². The Morgan fingerprint density at radius 2 is 2.22 bits per heavy atom. The van der Waals surface area contributed by atoms with Gasteiger partial charge in [0.25, 0.3) is 5.91 Å². The second kappa shape index (κ2) is 4.87. The van der Waals surface area contributed by atoms with Gasteiger partial charge in [-0.05, 0) is 18.2 Å². The van der Waals surface area contributed by atoms with Crippen LogP contribution in [0.5, 0.6) is 0 Å². The van der Waals surface area contributed by atoms with Gasteiger partial charge in [-0.3, -0.25) is 14.7 Å². The molecule has 0 aliphatic carbocycles. The second-order valence-corrected chi connectivity index (χ2v) is 4.04. The van der Waals surface area contributed by atoms with Crippen LogP contribution >= 0.6 is 0 Å². The maximum Gasteiger partial charge on any atom is 0.305 e. The van der Waals surface area contributed by atoms with E-state index in [1.165, 1.54) is 4.90 Å². The normalized spacial score (nSPS) is 10.5. The molecule has 18 heavy (non-hydrogen) atoms. The van der Waals surface area contributed by atoms with Crippen molar-refractivity contribution in [3.8, 4) is 0 Å². The summed E-state index contributed by atoms with van der Waals surface area (Å²) in [4.78, 5) is 23.9. The number of aliphatic carboxylic acids is 1. The third kappa shape index (κ3) is 2.48. The number of carboxylic acid groups (broad SMARTS) is 1. The lowest BCUT2D eigenvalue weighted by atomic mass is 10.1. The van der Waals surface area contributed by atoms with Gasteiger partial charge in [0, 0.05) is 24.5 Å². The highest BCUT2D eigenvalue weighted by Crippen LogP contribution is 2.14. The van der Waals surface area contributed by atoms with Crippen molar-refractivity contribution >= 4 is 22.8 Å². The van der Waals surface area contributed by atoms with Gasteiger partial charge in [0.1, 0.15) is 0 Å². The molecular weight excluding hydrogens is 234 g/mol. The van der Waals surface area contributed by atoms with Crippen LogP contribution in [0.15, 0.2) is 24.4 Å². The van der Waals surface area contributed by atoms with Gasteiger partial charge in [0.15, 0.2) is 0 Å². The quantitative estimate of drug-likeness (QED) is 0.847. The first-order chi connectivity index (χ1) is 8.58. The molecule has 2 N–H and O–H groups in total. The molecule has 0 spiro atoms. The largest absolute Gasteiger partial charge is 0.481 e. The Hall–Kier alpha value is -2.37. The summed E-state index contributed by atoms with van der Waals surface area (Å²) in [6.07, 6.45) is 1.58. The topological polar surface area (TPSA) is 86.3 Å². The summed E-state index contributed by atoms with van der Waals surface area (Å²) in [6, 6.07) is 5.21. The molecule has 94 valence electrons. The zero-order valence-electron chi connectivity index (χ0n) is 9.88. The minimum absolute atomic E-state index is 0.0593. The molecule has 0 aliphatic rings. The molecule has 2 aromatic rings. The van der Waals surface area contributed by atoms with Crippen LogP contribution in [0.2, 0.25) is 0 Å². The predicted octanol–water partition coefficient (Wildman–Crippen LogP) is 1.11. The number of amides is 1. The van der Waals surface area contributed by atoms with Gasteiger partial charge < -0.3 is 10.0 Å². The SMILES string of the molecule is CN(CCC(=O)O)C(=O)c1ccc2[nH]ncc2c1. The number of hydrogen-bond acceptors (Lipinski definition) is 3. The average molecular weight is 247 g/mol. The first-order valence-electron chi connectivity index (χ1n) is 5.48. The Labute approximate surface area is 103 Å². The second-order valence-electron chi connectivity index (χ2n) is 4.04. The molecule has 1 aromatic heterocycles. The van der Waals surface area contributed by atoms with Crippen molar-refractivity contribution in [1.82, 2.24) is 15.1 Å². The maximum atomic E-state index is 12.0. The zero-order chi connectivity index (χ0) is 13.1. The van der Waals surface area contributed by atoms with Crippen LogP contribution in [-0.2, 0) is 4.79 Å². The van der Waals surface area contributed by atoms with Gasteiger partial charge in [-0.15, -0.1) is 0 Å². The van der Waals surface area contributed by atoms with Crippen molar-refractivity contribution in [3.63, 3.8) is 0 Å². The van der Waals surface area contributed by atoms with Gasteiger partial charge >= 0.3 is 5.97 Å². The lowest BCUT2D eigenvalue weighted by Crippen LogP contribution is -2.28. The fourth-order valence-electron chi connectivity index (χ4n) is 1.66. The van der Waals surface area contributed by atoms with E-state index in [0.717, 1.165) is 10.9 Å².